The Morgan fingerprint density at radius 1 is 1.19 bits per heavy atom. The Balaban J connectivity index is 1.76. The van der Waals surface area contributed by atoms with Crippen molar-refractivity contribution in [3.05, 3.63) is 23.8 Å². The van der Waals surface area contributed by atoms with Crippen molar-refractivity contribution in [2.24, 2.45) is 5.73 Å². The number of carbonyl (C=O) groups excluding carboxylic acids is 2. The summed E-state index contributed by atoms with van der Waals surface area (Å²) in [7, 11) is 1.52. The molecule has 2 N–H and O–H groups in total. The van der Waals surface area contributed by atoms with Crippen molar-refractivity contribution in [2.45, 2.75) is 44.8 Å². The first-order valence-electron chi connectivity index (χ1n) is 8.89. The van der Waals surface area contributed by atoms with Gasteiger partial charge < -0.3 is 20.1 Å². The Hall–Kier alpha value is -2.44. The Labute approximate surface area is 154 Å². The Morgan fingerprint density at radius 3 is 2.42 bits per heavy atom. The maximum Gasteiger partial charge on any atom is 0.410 e. The quantitative estimate of drug-likeness (QED) is 0.893. The summed E-state index contributed by atoms with van der Waals surface area (Å²) in [6, 6.07) is 5.40. The zero-order valence-electron chi connectivity index (χ0n) is 15.9. The van der Waals surface area contributed by atoms with Crippen molar-refractivity contribution >= 4 is 17.7 Å². The lowest BCUT2D eigenvalue weighted by Gasteiger charge is -2.43. The molecule has 0 radical (unpaired) electrons. The predicted octanol–water partition coefficient (Wildman–Crippen LogP) is 2.38. The van der Waals surface area contributed by atoms with Gasteiger partial charge in [-0.1, -0.05) is 0 Å². The zero-order valence-corrected chi connectivity index (χ0v) is 15.9. The van der Waals surface area contributed by atoms with Crippen LogP contribution in [-0.4, -0.2) is 54.8 Å². The van der Waals surface area contributed by atoms with Crippen LogP contribution >= 0.6 is 0 Å². The molecule has 1 aromatic rings. The van der Waals surface area contributed by atoms with Gasteiger partial charge in [0.1, 0.15) is 11.4 Å². The zero-order chi connectivity index (χ0) is 19.1. The highest BCUT2D eigenvalue weighted by molar-refractivity contribution is 5.96. The van der Waals surface area contributed by atoms with Crippen molar-refractivity contribution in [2.75, 3.05) is 31.6 Å². The van der Waals surface area contributed by atoms with Crippen LogP contribution in [-0.2, 0) is 4.74 Å². The van der Waals surface area contributed by atoms with Gasteiger partial charge in [-0.2, -0.15) is 0 Å². The lowest BCUT2D eigenvalue weighted by atomic mass is 10.1. The van der Waals surface area contributed by atoms with Gasteiger partial charge in [0.05, 0.1) is 18.2 Å². The first-order valence-corrected chi connectivity index (χ1v) is 8.89. The molecule has 7 heteroatoms. The number of hydrogen-bond donors (Lipinski definition) is 1. The van der Waals surface area contributed by atoms with Crippen LogP contribution in [0.15, 0.2) is 18.2 Å². The summed E-state index contributed by atoms with van der Waals surface area (Å²) in [6.07, 6.45) is 1.70. The summed E-state index contributed by atoms with van der Waals surface area (Å²) >= 11 is 0. The molecule has 1 saturated carbocycles. The lowest BCUT2D eigenvalue weighted by Crippen LogP contribution is -2.58. The molecule has 1 heterocycles. The molecule has 0 atom stereocenters. The number of methoxy groups -OCH3 is 1. The van der Waals surface area contributed by atoms with E-state index in [0.29, 0.717) is 24.4 Å². The third-order valence-corrected chi connectivity index (χ3v) is 4.91. The van der Waals surface area contributed by atoms with Crippen molar-refractivity contribution in [1.82, 2.24) is 4.90 Å². The molecule has 0 bridgehead atoms. The highest BCUT2D eigenvalue weighted by Gasteiger charge is 2.54. The average molecular weight is 361 g/mol. The number of primary amides is 1. The molecule has 7 nitrogen and oxygen atoms in total. The van der Waals surface area contributed by atoms with E-state index < -0.39 is 11.5 Å². The number of hydrogen-bond acceptors (Lipinski definition) is 5. The highest BCUT2D eigenvalue weighted by atomic mass is 16.6. The van der Waals surface area contributed by atoms with Gasteiger partial charge in [-0.05, 0) is 45.7 Å². The predicted molar refractivity (Wildman–Crippen MR) is 98.6 cm³/mol. The number of rotatable bonds is 3. The van der Waals surface area contributed by atoms with Gasteiger partial charge in [-0.3, -0.25) is 9.69 Å². The van der Waals surface area contributed by atoms with Crippen LogP contribution in [0.4, 0.5) is 10.5 Å². The number of amides is 2. The summed E-state index contributed by atoms with van der Waals surface area (Å²) in [6.45, 7) is 7.69. The topological polar surface area (TPSA) is 85.1 Å². The molecule has 26 heavy (non-hydrogen) atoms. The minimum Gasteiger partial charge on any atom is -0.496 e. The van der Waals surface area contributed by atoms with Crippen molar-refractivity contribution in [1.29, 1.82) is 0 Å². The largest absolute Gasteiger partial charge is 0.496 e. The maximum absolute atomic E-state index is 12.5. The van der Waals surface area contributed by atoms with Crippen LogP contribution < -0.4 is 15.4 Å². The monoisotopic (exact) mass is 361 g/mol. The fraction of sp³-hybridized carbons (Fsp3) is 0.579. The lowest BCUT2D eigenvalue weighted by molar-refractivity contribution is 0.0106. The molecule has 1 saturated heterocycles. The molecule has 0 unspecified atom stereocenters. The fourth-order valence-electron chi connectivity index (χ4n) is 3.45. The van der Waals surface area contributed by atoms with E-state index in [2.05, 4.69) is 4.90 Å². The van der Waals surface area contributed by atoms with E-state index in [9.17, 15) is 9.59 Å². The second kappa shape index (κ2) is 6.37. The second-order valence-corrected chi connectivity index (χ2v) is 8.03. The van der Waals surface area contributed by atoms with E-state index in [0.717, 1.165) is 25.1 Å². The molecule has 1 aliphatic carbocycles. The van der Waals surface area contributed by atoms with Gasteiger partial charge in [0.15, 0.2) is 0 Å². The Bertz CT molecular complexity index is 722. The van der Waals surface area contributed by atoms with Gasteiger partial charge in [0, 0.05) is 31.4 Å². The van der Waals surface area contributed by atoms with E-state index in [4.69, 9.17) is 15.2 Å². The molecule has 142 valence electrons. The number of carbonyl (C=O) groups is 2. The van der Waals surface area contributed by atoms with E-state index >= 15 is 0 Å². The molecular formula is C19H27N3O4. The van der Waals surface area contributed by atoms with Crippen molar-refractivity contribution in [3.8, 4) is 5.75 Å². The maximum atomic E-state index is 12.5. The first kappa shape index (κ1) is 18.4. The SMILES string of the molecule is COc1cc(N2CCN(C(=O)OC(C)(C)C)C3(CC3)C2)ccc1C(N)=O. The number of anilines is 1. The summed E-state index contributed by atoms with van der Waals surface area (Å²) in [5, 5.41) is 0. The van der Waals surface area contributed by atoms with Crippen LogP contribution in [0.25, 0.3) is 0 Å². The van der Waals surface area contributed by atoms with Crippen LogP contribution in [0.3, 0.4) is 0 Å². The summed E-state index contributed by atoms with van der Waals surface area (Å²) in [4.78, 5) is 28.1. The van der Waals surface area contributed by atoms with Gasteiger partial charge in [-0.25, -0.2) is 4.79 Å². The van der Waals surface area contributed by atoms with E-state index in [-0.39, 0.29) is 11.6 Å². The molecule has 2 fully saturated rings. The third kappa shape index (κ3) is 3.57. The minimum atomic E-state index is -0.512. The molecule has 2 aliphatic rings. The van der Waals surface area contributed by atoms with E-state index in [1.165, 1.54) is 7.11 Å². The van der Waals surface area contributed by atoms with Crippen molar-refractivity contribution in [3.63, 3.8) is 0 Å². The number of benzene rings is 1. The van der Waals surface area contributed by atoms with Crippen LogP contribution in [0, 0.1) is 0 Å². The number of ether oxygens (including phenoxy) is 2. The third-order valence-electron chi connectivity index (χ3n) is 4.91. The van der Waals surface area contributed by atoms with Gasteiger partial charge in [0.25, 0.3) is 5.91 Å². The normalized spacial score (nSPS) is 18.6. The molecule has 3 rings (SSSR count). The number of nitrogens with zero attached hydrogens (tertiary/aromatic N) is 2. The first-order chi connectivity index (χ1) is 12.1. The molecule has 1 aliphatic heterocycles. The van der Waals surface area contributed by atoms with Gasteiger partial charge in [0.2, 0.25) is 0 Å². The minimum absolute atomic E-state index is 0.157. The van der Waals surface area contributed by atoms with Crippen LogP contribution in [0.2, 0.25) is 0 Å². The smallest absolute Gasteiger partial charge is 0.410 e. The van der Waals surface area contributed by atoms with Gasteiger partial charge in [-0.15, -0.1) is 0 Å². The van der Waals surface area contributed by atoms with E-state index in [1.54, 1.807) is 6.07 Å². The molecule has 1 spiro atoms. The Kier molecular flexibility index (Phi) is 4.50. The summed E-state index contributed by atoms with van der Waals surface area (Å²) in [5.41, 5.74) is 6.05. The Morgan fingerprint density at radius 2 is 1.88 bits per heavy atom. The summed E-state index contributed by atoms with van der Waals surface area (Å²) in [5.74, 6) is -0.0452. The molecule has 1 aromatic carbocycles. The molecule has 2 amide bonds. The fourth-order valence-corrected chi connectivity index (χ4v) is 3.45. The van der Waals surface area contributed by atoms with E-state index in [1.807, 2.05) is 37.8 Å². The number of piperazine rings is 1. The molecule has 0 aromatic heterocycles. The number of nitrogens with two attached hydrogens (primary N) is 1. The molecular weight excluding hydrogens is 334 g/mol. The highest BCUT2D eigenvalue weighted by Crippen LogP contribution is 2.46. The van der Waals surface area contributed by atoms with Crippen LogP contribution in [0.1, 0.15) is 44.0 Å². The van der Waals surface area contributed by atoms with Crippen LogP contribution in [0.5, 0.6) is 5.75 Å². The summed E-state index contributed by atoms with van der Waals surface area (Å²) < 4.78 is 10.9. The van der Waals surface area contributed by atoms with Gasteiger partial charge >= 0.3 is 6.09 Å². The second-order valence-electron chi connectivity index (χ2n) is 8.03. The standard InChI is InChI=1S/C19H27N3O4/c1-18(2,3)26-17(24)22-10-9-21(12-19(22)7-8-19)13-5-6-14(16(20)23)15(11-13)25-4/h5-6,11H,7-10,12H2,1-4H3,(H2,20,23). The average Bonchev–Trinajstić information content (AvgIpc) is 3.31. The van der Waals surface area contributed by atoms with Crippen molar-refractivity contribution < 1.29 is 19.1 Å².